The lowest BCUT2D eigenvalue weighted by Crippen LogP contribution is -2.34. The van der Waals surface area contributed by atoms with Gasteiger partial charge in [-0.05, 0) is 37.3 Å². The van der Waals surface area contributed by atoms with Gasteiger partial charge in [-0.25, -0.2) is 4.79 Å². The van der Waals surface area contributed by atoms with Gasteiger partial charge in [-0.3, -0.25) is 4.79 Å². The van der Waals surface area contributed by atoms with Gasteiger partial charge in [0.1, 0.15) is 6.10 Å². The van der Waals surface area contributed by atoms with E-state index in [2.05, 4.69) is 0 Å². The summed E-state index contributed by atoms with van der Waals surface area (Å²) in [5.74, 6) is -0.849. The summed E-state index contributed by atoms with van der Waals surface area (Å²) < 4.78 is 10.7. The number of hydrogen-bond donors (Lipinski definition) is 0. The average molecular weight is 332 g/mol. The lowest BCUT2D eigenvalue weighted by molar-refractivity contribution is -0.160. The maximum Gasteiger partial charge on any atom is 0.331 e. The minimum atomic E-state index is -0.473. The van der Waals surface area contributed by atoms with Crippen LogP contribution in [-0.4, -0.2) is 24.6 Å². The fourth-order valence-corrected chi connectivity index (χ4v) is 2.52. The summed E-state index contributed by atoms with van der Waals surface area (Å²) in [5, 5.41) is 0. The van der Waals surface area contributed by atoms with E-state index in [0.717, 1.165) is 5.56 Å². The normalized spacial score (nSPS) is 13.7. The molecule has 0 spiro atoms. The minimum absolute atomic E-state index is 0.294. The highest BCUT2D eigenvalue weighted by Gasteiger charge is 2.31. The van der Waals surface area contributed by atoms with Crippen LogP contribution < -0.4 is 0 Å². The third-order valence-electron chi connectivity index (χ3n) is 3.64. The van der Waals surface area contributed by atoms with Crippen LogP contribution in [0.15, 0.2) is 36.4 Å². The smallest absolute Gasteiger partial charge is 0.331 e. The molecule has 0 bridgehead atoms. The molecule has 0 saturated heterocycles. The molecule has 0 aliphatic heterocycles. The van der Waals surface area contributed by atoms with Crippen LogP contribution in [0.5, 0.6) is 0 Å². The Bertz CT molecular complexity index is 534. The van der Waals surface area contributed by atoms with E-state index in [1.807, 2.05) is 51.1 Å². The molecule has 0 heterocycles. The number of hydrogen-bond acceptors (Lipinski definition) is 4. The van der Waals surface area contributed by atoms with Crippen molar-refractivity contribution in [3.8, 4) is 0 Å². The SMILES string of the molecule is CCOC(=O)C(CC(C)C)C(CC)OC(=O)C=Cc1ccccc1. The topological polar surface area (TPSA) is 52.6 Å². The lowest BCUT2D eigenvalue weighted by atomic mass is 9.90. The summed E-state index contributed by atoms with van der Waals surface area (Å²) in [4.78, 5) is 24.3. The van der Waals surface area contributed by atoms with E-state index in [0.29, 0.717) is 25.4 Å². The summed E-state index contributed by atoms with van der Waals surface area (Å²) in [6.07, 6.45) is 3.83. The first-order valence-electron chi connectivity index (χ1n) is 8.58. The summed E-state index contributed by atoms with van der Waals surface area (Å²) >= 11 is 0. The van der Waals surface area contributed by atoms with Crippen LogP contribution in [0, 0.1) is 11.8 Å². The predicted molar refractivity (Wildman–Crippen MR) is 95.2 cm³/mol. The summed E-state index contributed by atoms with van der Waals surface area (Å²) in [5.41, 5.74) is 0.923. The van der Waals surface area contributed by atoms with Crippen molar-refractivity contribution in [3.63, 3.8) is 0 Å². The summed E-state index contributed by atoms with van der Waals surface area (Å²) in [7, 11) is 0. The Hall–Kier alpha value is -2.10. The van der Waals surface area contributed by atoms with Crippen LogP contribution in [0.1, 0.15) is 46.1 Å². The highest BCUT2D eigenvalue weighted by Crippen LogP contribution is 2.22. The Morgan fingerprint density at radius 2 is 1.79 bits per heavy atom. The summed E-state index contributed by atoms with van der Waals surface area (Å²) in [6, 6.07) is 9.53. The van der Waals surface area contributed by atoms with Gasteiger partial charge < -0.3 is 9.47 Å². The first kappa shape index (κ1) is 19.9. The molecule has 132 valence electrons. The molecule has 0 amide bonds. The molecular weight excluding hydrogens is 304 g/mol. The Balaban J connectivity index is 2.75. The summed E-state index contributed by atoms with van der Waals surface area (Å²) in [6.45, 7) is 8.09. The molecule has 0 aliphatic carbocycles. The number of ether oxygens (including phenoxy) is 2. The first-order chi connectivity index (χ1) is 11.5. The van der Waals surface area contributed by atoms with Crippen LogP contribution in [0.4, 0.5) is 0 Å². The van der Waals surface area contributed by atoms with E-state index < -0.39 is 18.0 Å². The number of rotatable bonds is 9. The number of carbonyl (C=O) groups is 2. The van der Waals surface area contributed by atoms with Crippen LogP contribution in [0.2, 0.25) is 0 Å². The maximum atomic E-state index is 12.2. The number of esters is 2. The second kappa shape index (κ2) is 10.6. The molecule has 1 rings (SSSR count). The van der Waals surface area contributed by atoms with Crippen LogP contribution in [-0.2, 0) is 19.1 Å². The monoisotopic (exact) mass is 332 g/mol. The van der Waals surface area contributed by atoms with Crippen molar-refractivity contribution >= 4 is 18.0 Å². The lowest BCUT2D eigenvalue weighted by Gasteiger charge is -2.25. The standard InChI is InChI=1S/C20H28O4/c1-5-18(17(14-15(3)4)20(22)23-6-2)24-19(21)13-12-16-10-8-7-9-11-16/h7-13,15,17-18H,5-6,14H2,1-4H3. The maximum absolute atomic E-state index is 12.2. The van der Waals surface area contributed by atoms with E-state index in [1.165, 1.54) is 6.08 Å². The Morgan fingerprint density at radius 1 is 1.12 bits per heavy atom. The van der Waals surface area contributed by atoms with Crippen LogP contribution in [0.3, 0.4) is 0 Å². The van der Waals surface area contributed by atoms with Gasteiger partial charge in [0.2, 0.25) is 0 Å². The molecule has 0 saturated carbocycles. The van der Waals surface area contributed by atoms with Gasteiger partial charge in [-0.2, -0.15) is 0 Å². The largest absolute Gasteiger partial charge is 0.466 e. The van der Waals surface area contributed by atoms with Crippen molar-refractivity contribution in [2.45, 2.75) is 46.6 Å². The van der Waals surface area contributed by atoms with Crippen molar-refractivity contribution < 1.29 is 19.1 Å². The minimum Gasteiger partial charge on any atom is -0.466 e. The molecule has 1 aromatic rings. The van der Waals surface area contributed by atoms with E-state index in [4.69, 9.17) is 9.47 Å². The fraction of sp³-hybridized carbons (Fsp3) is 0.500. The first-order valence-corrected chi connectivity index (χ1v) is 8.58. The average Bonchev–Trinajstić information content (AvgIpc) is 2.57. The third kappa shape index (κ3) is 6.99. The Kier molecular flexibility index (Phi) is 8.84. The van der Waals surface area contributed by atoms with Gasteiger partial charge in [-0.15, -0.1) is 0 Å². The van der Waals surface area contributed by atoms with Gasteiger partial charge in [0.05, 0.1) is 12.5 Å². The van der Waals surface area contributed by atoms with Crippen molar-refractivity contribution in [2.24, 2.45) is 11.8 Å². The molecule has 24 heavy (non-hydrogen) atoms. The molecule has 2 unspecified atom stereocenters. The van der Waals surface area contributed by atoms with Crippen molar-refractivity contribution in [1.29, 1.82) is 0 Å². The van der Waals surface area contributed by atoms with Gasteiger partial charge in [0, 0.05) is 6.08 Å². The molecule has 0 fully saturated rings. The third-order valence-corrected chi connectivity index (χ3v) is 3.64. The van der Waals surface area contributed by atoms with E-state index in [-0.39, 0.29) is 5.97 Å². The fourth-order valence-electron chi connectivity index (χ4n) is 2.52. The molecule has 0 radical (unpaired) electrons. The van der Waals surface area contributed by atoms with Crippen molar-refractivity contribution in [1.82, 2.24) is 0 Å². The Morgan fingerprint density at radius 3 is 2.33 bits per heavy atom. The van der Waals surface area contributed by atoms with Gasteiger partial charge in [-0.1, -0.05) is 51.1 Å². The molecule has 4 heteroatoms. The van der Waals surface area contributed by atoms with Gasteiger partial charge in [0.25, 0.3) is 0 Å². The van der Waals surface area contributed by atoms with Crippen LogP contribution >= 0.6 is 0 Å². The van der Waals surface area contributed by atoms with Crippen molar-refractivity contribution in [2.75, 3.05) is 6.61 Å². The molecule has 0 aromatic heterocycles. The van der Waals surface area contributed by atoms with E-state index in [1.54, 1.807) is 13.0 Å². The van der Waals surface area contributed by atoms with E-state index >= 15 is 0 Å². The highest BCUT2D eigenvalue weighted by atomic mass is 16.6. The van der Waals surface area contributed by atoms with Crippen LogP contribution in [0.25, 0.3) is 6.08 Å². The zero-order chi connectivity index (χ0) is 17.9. The number of carbonyl (C=O) groups excluding carboxylic acids is 2. The second-order valence-electron chi connectivity index (χ2n) is 6.12. The predicted octanol–water partition coefficient (Wildman–Crippen LogP) is 4.25. The number of benzene rings is 1. The zero-order valence-corrected chi connectivity index (χ0v) is 15.0. The van der Waals surface area contributed by atoms with Gasteiger partial charge >= 0.3 is 11.9 Å². The van der Waals surface area contributed by atoms with Crippen molar-refractivity contribution in [3.05, 3.63) is 42.0 Å². The Labute approximate surface area is 144 Å². The second-order valence-corrected chi connectivity index (χ2v) is 6.12. The molecular formula is C20H28O4. The molecule has 1 aromatic carbocycles. The zero-order valence-electron chi connectivity index (χ0n) is 15.0. The highest BCUT2D eigenvalue weighted by molar-refractivity contribution is 5.87. The quantitative estimate of drug-likeness (QED) is 0.501. The molecule has 0 N–H and O–H groups in total. The molecule has 4 nitrogen and oxygen atoms in total. The molecule has 0 aliphatic rings. The van der Waals surface area contributed by atoms with Gasteiger partial charge in [0.15, 0.2) is 0 Å². The van der Waals surface area contributed by atoms with E-state index in [9.17, 15) is 9.59 Å². The molecule has 2 atom stereocenters.